The number of rotatable bonds is 8. The van der Waals surface area contributed by atoms with E-state index in [1.807, 2.05) is 20.8 Å². The van der Waals surface area contributed by atoms with Gasteiger partial charge in [0.25, 0.3) is 0 Å². The number of aliphatic hydroxyl groups is 1. The number of benzene rings is 1. The van der Waals surface area contributed by atoms with Gasteiger partial charge in [-0.15, -0.1) is 0 Å². The number of hydrogen-bond donors (Lipinski definition) is 3. The molecule has 1 rings (SSSR count). The van der Waals surface area contributed by atoms with Crippen LogP contribution in [0.5, 0.6) is 5.75 Å². The van der Waals surface area contributed by atoms with Gasteiger partial charge < -0.3 is 20.5 Å². The van der Waals surface area contributed by atoms with Crippen molar-refractivity contribution in [2.45, 2.75) is 33.9 Å². The average molecular weight is 329 g/mol. The maximum atomic E-state index is 12.5. The molecule has 1 aromatic rings. The molecule has 1 aromatic carbocycles. The summed E-state index contributed by atoms with van der Waals surface area (Å²) in [6.45, 7) is 4.40. The Morgan fingerprint density at radius 2 is 2.09 bits per heavy atom. The van der Waals surface area contributed by atoms with Crippen molar-refractivity contribution in [1.29, 1.82) is 0 Å². The topological polar surface area (TPSA) is 65.9 Å². The number of hydrogen-bond acceptors (Lipinski definition) is 3. The summed E-state index contributed by atoms with van der Waals surface area (Å²) in [5, 5.41) is 15.2. The van der Waals surface area contributed by atoms with E-state index in [9.17, 15) is 8.78 Å². The van der Waals surface area contributed by atoms with Gasteiger partial charge in [0.05, 0.1) is 6.54 Å². The zero-order valence-electron chi connectivity index (χ0n) is 13.8. The number of ether oxygens (including phenoxy) is 1. The van der Waals surface area contributed by atoms with Crippen LogP contribution in [0.2, 0.25) is 0 Å². The number of nitrogens with one attached hydrogen (secondary N) is 2. The summed E-state index contributed by atoms with van der Waals surface area (Å²) >= 11 is 0. The summed E-state index contributed by atoms with van der Waals surface area (Å²) in [7, 11) is 0. The Balaban J connectivity index is 2.83. The Morgan fingerprint density at radius 3 is 2.70 bits per heavy atom. The van der Waals surface area contributed by atoms with Crippen molar-refractivity contribution in [1.82, 2.24) is 10.6 Å². The van der Waals surface area contributed by atoms with Crippen LogP contribution in [0.15, 0.2) is 23.2 Å². The summed E-state index contributed by atoms with van der Waals surface area (Å²) in [4.78, 5) is 4.39. The van der Waals surface area contributed by atoms with Gasteiger partial charge in [0, 0.05) is 25.3 Å². The Morgan fingerprint density at radius 1 is 1.35 bits per heavy atom. The van der Waals surface area contributed by atoms with Crippen molar-refractivity contribution < 1.29 is 18.6 Å². The molecule has 0 saturated carbocycles. The van der Waals surface area contributed by atoms with Crippen LogP contribution in [0.3, 0.4) is 0 Å². The highest BCUT2D eigenvalue weighted by Crippen LogP contribution is 2.22. The number of nitrogens with zero attached hydrogens (tertiary/aromatic N) is 1. The first-order valence-electron chi connectivity index (χ1n) is 7.63. The molecular formula is C16H25F2N3O2. The van der Waals surface area contributed by atoms with Crippen LogP contribution in [0, 0.1) is 12.8 Å². The molecule has 0 radical (unpaired) electrons. The van der Waals surface area contributed by atoms with Crippen molar-refractivity contribution in [3.05, 3.63) is 29.3 Å². The van der Waals surface area contributed by atoms with Crippen LogP contribution in [-0.4, -0.2) is 37.4 Å². The Bertz CT molecular complexity index is 510. The van der Waals surface area contributed by atoms with Crippen LogP contribution in [0.1, 0.15) is 25.0 Å². The van der Waals surface area contributed by atoms with Crippen molar-refractivity contribution >= 4 is 5.96 Å². The van der Waals surface area contributed by atoms with E-state index in [0.717, 1.165) is 5.56 Å². The molecule has 0 amide bonds. The van der Waals surface area contributed by atoms with Gasteiger partial charge >= 0.3 is 6.61 Å². The second-order valence-corrected chi connectivity index (χ2v) is 5.35. The third-order valence-corrected chi connectivity index (χ3v) is 3.11. The maximum Gasteiger partial charge on any atom is 0.387 e. The molecule has 0 bridgehead atoms. The quantitative estimate of drug-likeness (QED) is 0.506. The van der Waals surface area contributed by atoms with Crippen LogP contribution in [0.25, 0.3) is 0 Å². The van der Waals surface area contributed by atoms with E-state index < -0.39 is 6.61 Å². The molecule has 0 heterocycles. The molecular weight excluding hydrogens is 304 g/mol. The fraction of sp³-hybridized carbons (Fsp3) is 0.562. The highest BCUT2D eigenvalue weighted by molar-refractivity contribution is 5.79. The van der Waals surface area contributed by atoms with Crippen LogP contribution >= 0.6 is 0 Å². The van der Waals surface area contributed by atoms with Gasteiger partial charge in [-0.3, -0.25) is 0 Å². The van der Waals surface area contributed by atoms with Gasteiger partial charge in [0.15, 0.2) is 5.96 Å². The SMILES string of the molecule is CCNC(=NCc1cc(C)ccc1OC(F)F)NCC(C)CO. The van der Waals surface area contributed by atoms with Gasteiger partial charge in [0.2, 0.25) is 0 Å². The van der Waals surface area contributed by atoms with E-state index in [4.69, 9.17) is 5.11 Å². The monoisotopic (exact) mass is 329 g/mol. The minimum atomic E-state index is -2.86. The van der Waals surface area contributed by atoms with Crippen LogP contribution in [0.4, 0.5) is 8.78 Å². The number of aliphatic hydroxyl groups excluding tert-OH is 1. The number of halogens is 2. The lowest BCUT2D eigenvalue weighted by molar-refractivity contribution is -0.0504. The minimum absolute atomic E-state index is 0.0800. The Labute approximate surface area is 135 Å². The van der Waals surface area contributed by atoms with Crippen LogP contribution in [-0.2, 0) is 6.54 Å². The molecule has 1 atom stereocenters. The smallest absolute Gasteiger partial charge is 0.387 e. The zero-order chi connectivity index (χ0) is 17.2. The number of aryl methyl sites for hydroxylation is 1. The first-order chi connectivity index (χ1) is 11.0. The first kappa shape index (κ1) is 19.2. The first-order valence-corrected chi connectivity index (χ1v) is 7.63. The highest BCUT2D eigenvalue weighted by Gasteiger charge is 2.10. The fourth-order valence-electron chi connectivity index (χ4n) is 1.88. The Hall–Kier alpha value is -1.89. The highest BCUT2D eigenvalue weighted by atomic mass is 19.3. The molecule has 130 valence electrons. The number of alkyl halides is 2. The third-order valence-electron chi connectivity index (χ3n) is 3.11. The van der Waals surface area contributed by atoms with Crippen LogP contribution < -0.4 is 15.4 Å². The molecule has 0 saturated heterocycles. The van der Waals surface area contributed by atoms with E-state index in [1.54, 1.807) is 12.1 Å². The van der Waals surface area contributed by atoms with Gasteiger partial charge in [-0.25, -0.2) is 4.99 Å². The normalized spacial score (nSPS) is 13.1. The molecule has 7 heteroatoms. The largest absolute Gasteiger partial charge is 0.434 e. The molecule has 0 aromatic heterocycles. The van der Waals surface area contributed by atoms with Gasteiger partial charge in [-0.05, 0) is 25.8 Å². The predicted octanol–water partition coefficient (Wildman–Crippen LogP) is 2.28. The average Bonchev–Trinajstić information content (AvgIpc) is 2.51. The second kappa shape index (κ2) is 9.99. The Kier molecular flexibility index (Phi) is 8.32. The lowest BCUT2D eigenvalue weighted by Gasteiger charge is -2.15. The third kappa shape index (κ3) is 7.27. The van der Waals surface area contributed by atoms with E-state index in [2.05, 4.69) is 20.4 Å². The molecule has 3 N–H and O–H groups in total. The maximum absolute atomic E-state index is 12.5. The molecule has 5 nitrogen and oxygen atoms in total. The summed E-state index contributed by atoms with van der Waals surface area (Å²) < 4.78 is 29.5. The molecule has 0 aliphatic carbocycles. The molecule has 0 aliphatic heterocycles. The van der Waals surface area contributed by atoms with Gasteiger partial charge in [-0.1, -0.05) is 24.6 Å². The van der Waals surface area contributed by atoms with E-state index >= 15 is 0 Å². The van der Waals surface area contributed by atoms with E-state index in [0.29, 0.717) is 24.6 Å². The zero-order valence-corrected chi connectivity index (χ0v) is 13.8. The summed E-state index contributed by atoms with van der Waals surface area (Å²) in [5.41, 5.74) is 1.54. The number of aliphatic imine (C=N–C) groups is 1. The van der Waals surface area contributed by atoms with Crippen molar-refractivity contribution in [2.75, 3.05) is 19.7 Å². The molecule has 1 unspecified atom stereocenters. The van der Waals surface area contributed by atoms with Crippen molar-refractivity contribution in [3.8, 4) is 5.75 Å². The summed E-state index contributed by atoms with van der Waals surface area (Å²) in [6, 6.07) is 5.03. The molecule has 23 heavy (non-hydrogen) atoms. The number of guanidine groups is 1. The lowest BCUT2D eigenvalue weighted by atomic mass is 10.1. The minimum Gasteiger partial charge on any atom is -0.434 e. The van der Waals surface area contributed by atoms with E-state index in [-0.39, 0.29) is 24.8 Å². The van der Waals surface area contributed by atoms with Crippen molar-refractivity contribution in [2.24, 2.45) is 10.9 Å². The lowest BCUT2D eigenvalue weighted by Crippen LogP contribution is -2.39. The van der Waals surface area contributed by atoms with Gasteiger partial charge in [-0.2, -0.15) is 8.78 Å². The molecule has 0 fully saturated rings. The molecule has 0 spiro atoms. The fourth-order valence-corrected chi connectivity index (χ4v) is 1.88. The van der Waals surface area contributed by atoms with Crippen molar-refractivity contribution in [3.63, 3.8) is 0 Å². The van der Waals surface area contributed by atoms with E-state index in [1.165, 1.54) is 6.07 Å². The summed E-state index contributed by atoms with van der Waals surface area (Å²) in [5.74, 6) is 0.793. The predicted molar refractivity (Wildman–Crippen MR) is 86.9 cm³/mol. The standard InChI is InChI=1S/C16H25F2N3O2/c1-4-19-16(20-8-12(3)10-22)21-9-13-7-11(2)5-6-14(13)23-15(17)18/h5-7,12,15,22H,4,8-10H2,1-3H3,(H2,19,20,21). The molecule has 0 aliphatic rings. The second-order valence-electron chi connectivity index (χ2n) is 5.35. The van der Waals surface area contributed by atoms with Gasteiger partial charge in [0.1, 0.15) is 5.75 Å². The summed E-state index contributed by atoms with van der Waals surface area (Å²) in [6.07, 6.45) is 0.